The van der Waals surface area contributed by atoms with Crippen LogP contribution in [0.4, 0.5) is 0 Å². The molecule has 1 atom stereocenters. The fraction of sp³-hybridized carbons (Fsp3) is 0.474. The van der Waals surface area contributed by atoms with E-state index in [-0.39, 0.29) is 6.04 Å². The summed E-state index contributed by atoms with van der Waals surface area (Å²) in [6.07, 6.45) is 1.81. The Kier molecular flexibility index (Phi) is 6.59. The molecule has 28 heavy (non-hydrogen) atoms. The van der Waals surface area contributed by atoms with Crippen LogP contribution < -0.4 is 16.4 Å². The van der Waals surface area contributed by atoms with Crippen molar-refractivity contribution >= 4 is 11.9 Å². The molecule has 0 saturated carbocycles. The zero-order valence-electron chi connectivity index (χ0n) is 16.3. The SMILES string of the molecule is CCNC(=NCc1cccc(C(N)=O)c1)NC1CCc2nc(COC)nn2C1. The number of aromatic nitrogens is 3. The van der Waals surface area contributed by atoms with Crippen molar-refractivity contribution < 1.29 is 9.53 Å². The van der Waals surface area contributed by atoms with Crippen LogP contribution in [0.2, 0.25) is 0 Å². The van der Waals surface area contributed by atoms with Gasteiger partial charge in [-0.05, 0) is 31.0 Å². The average Bonchev–Trinajstić information content (AvgIpc) is 3.08. The zero-order chi connectivity index (χ0) is 19.9. The van der Waals surface area contributed by atoms with Crippen LogP contribution in [0.25, 0.3) is 0 Å². The number of hydrogen-bond acceptors (Lipinski definition) is 5. The van der Waals surface area contributed by atoms with Crippen LogP contribution in [0.15, 0.2) is 29.3 Å². The second-order valence-corrected chi connectivity index (χ2v) is 6.70. The second-order valence-electron chi connectivity index (χ2n) is 6.70. The third-order valence-electron chi connectivity index (χ3n) is 4.49. The Morgan fingerprint density at radius 2 is 2.32 bits per heavy atom. The number of fused-ring (bicyclic) bond motifs is 1. The standard InChI is InChI=1S/C19H27N7O2/c1-3-21-19(22-10-13-5-4-6-14(9-13)18(20)27)23-15-7-8-17-24-16(12-28-2)25-26(17)11-15/h4-6,9,15H,3,7-8,10-12H2,1-2H3,(H2,20,27)(H2,21,22,23). The molecule has 0 bridgehead atoms. The lowest BCUT2D eigenvalue weighted by molar-refractivity contribution is 0.1000. The first-order chi connectivity index (χ1) is 13.6. The molecule has 1 aliphatic rings. The van der Waals surface area contributed by atoms with Crippen molar-refractivity contribution in [1.29, 1.82) is 0 Å². The number of ether oxygens (including phenoxy) is 1. The van der Waals surface area contributed by atoms with Gasteiger partial charge < -0.3 is 21.1 Å². The minimum atomic E-state index is -0.436. The van der Waals surface area contributed by atoms with Gasteiger partial charge in [0, 0.05) is 31.7 Å². The van der Waals surface area contributed by atoms with E-state index in [1.54, 1.807) is 19.2 Å². The Morgan fingerprint density at radius 1 is 1.46 bits per heavy atom. The molecule has 2 aromatic rings. The summed E-state index contributed by atoms with van der Waals surface area (Å²) in [5, 5.41) is 11.2. The molecule has 0 aliphatic carbocycles. The highest BCUT2D eigenvalue weighted by Crippen LogP contribution is 2.13. The Bertz CT molecular complexity index is 847. The number of carbonyl (C=O) groups excluding carboxylic acids is 1. The zero-order valence-corrected chi connectivity index (χ0v) is 16.3. The molecule has 0 saturated heterocycles. The number of aliphatic imine (C=N–C) groups is 1. The van der Waals surface area contributed by atoms with Gasteiger partial charge in [0.15, 0.2) is 11.8 Å². The summed E-state index contributed by atoms with van der Waals surface area (Å²) >= 11 is 0. The highest BCUT2D eigenvalue weighted by molar-refractivity contribution is 5.92. The lowest BCUT2D eigenvalue weighted by atomic mass is 10.1. The van der Waals surface area contributed by atoms with Gasteiger partial charge in [0.2, 0.25) is 5.91 Å². The summed E-state index contributed by atoms with van der Waals surface area (Å²) < 4.78 is 7.05. The van der Waals surface area contributed by atoms with Crippen molar-refractivity contribution in [2.24, 2.45) is 10.7 Å². The van der Waals surface area contributed by atoms with E-state index in [0.717, 1.165) is 43.3 Å². The number of primary amides is 1. The van der Waals surface area contributed by atoms with Crippen molar-refractivity contribution in [2.45, 2.75) is 45.5 Å². The summed E-state index contributed by atoms with van der Waals surface area (Å²) in [7, 11) is 1.64. The van der Waals surface area contributed by atoms with Crippen molar-refractivity contribution in [3.8, 4) is 0 Å². The molecule has 3 rings (SSSR count). The number of nitrogens with zero attached hydrogens (tertiary/aromatic N) is 4. The number of methoxy groups -OCH3 is 1. The number of rotatable bonds is 7. The fourth-order valence-electron chi connectivity index (χ4n) is 3.18. The van der Waals surface area contributed by atoms with Crippen LogP contribution >= 0.6 is 0 Å². The summed E-state index contributed by atoms with van der Waals surface area (Å²) in [4.78, 5) is 20.5. The van der Waals surface area contributed by atoms with Gasteiger partial charge in [-0.1, -0.05) is 12.1 Å². The Hall–Kier alpha value is -2.94. The topological polar surface area (TPSA) is 119 Å². The third-order valence-corrected chi connectivity index (χ3v) is 4.49. The molecule has 0 radical (unpaired) electrons. The normalized spacial score (nSPS) is 16.5. The van der Waals surface area contributed by atoms with Crippen LogP contribution in [-0.2, 0) is 30.9 Å². The van der Waals surface area contributed by atoms with E-state index in [1.807, 2.05) is 23.7 Å². The van der Waals surface area contributed by atoms with Crippen molar-refractivity contribution in [1.82, 2.24) is 25.4 Å². The maximum atomic E-state index is 11.3. The predicted octanol–water partition coefficient (Wildman–Crippen LogP) is 0.594. The Labute approximate surface area is 164 Å². The van der Waals surface area contributed by atoms with Gasteiger partial charge in [-0.25, -0.2) is 14.7 Å². The van der Waals surface area contributed by atoms with Gasteiger partial charge in [-0.3, -0.25) is 4.79 Å². The van der Waals surface area contributed by atoms with Gasteiger partial charge in [0.25, 0.3) is 0 Å². The maximum absolute atomic E-state index is 11.3. The van der Waals surface area contributed by atoms with E-state index in [4.69, 9.17) is 10.5 Å². The molecule has 0 spiro atoms. The average molecular weight is 385 g/mol. The van der Waals surface area contributed by atoms with Gasteiger partial charge in [-0.2, -0.15) is 5.10 Å². The van der Waals surface area contributed by atoms with Crippen molar-refractivity contribution in [3.05, 3.63) is 47.0 Å². The molecule has 1 aromatic heterocycles. The van der Waals surface area contributed by atoms with E-state index in [1.165, 1.54) is 0 Å². The number of guanidine groups is 1. The molecule has 4 N–H and O–H groups in total. The largest absolute Gasteiger partial charge is 0.377 e. The predicted molar refractivity (Wildman–Crippen MR) is 106 cm³/mol. The van der Waals surface area contributed by atoms with E-state index in [2.05, 4.69) is 25.7 Å². The van der Waals surface area contributed by atoms with E-state index >= 15 is 0 Å². The first-order valence-corrected chi connectivity index (χ1v) is 9.44. The lowest BCUT2D eigenvalue weighted by Crippen LogP contribution is -2.47. The molecular formula is C19H27N7O2. The summed E-state index contributed by atoms with van der Waals surface area (Å²) in [6, 6.07) is 7.43. The lowest BCUT2D eigenvalue weighted by Gasteiger charge is -2.25. The summed E-state index contributed by atoms with van der Waals surface area (Å²) in [6.45, 7) is 4.39. The minimum absolute atomic E-state index is 0.208. The third kappa shape index (κ3) is 5.07. The molecule has 1 aromatic carbocycles. The molecule has 9 nitrogen and oxygen atoms in total. The van der Waals surface area contributed by atoms with Crippen LogP contribution in [-0.4, -0.2) is 46.3 Å². The summed E-state index contributed by atoms with van der Waals surface area (Å²) in [5.74, 6) is 2.01. The van der Waals surface area contributed by atoms with E-state index in [0.29, 0.717) is 24.5 Å². The van der Waals surface area contributed by atoms with Gasteiger partial charge in [0.05, 0.1) is 13.1 Å². The molecule has 1 aliphatic heterocycles. The number of hydrogen-bond donors (Lipinski definition) is 3. The van der Waals surface area contributed by atoms with Crippen LogP contribution in [0.3, 0.4) is 0 Å². The molecule has 1 amide bonds. The Balaban J connectivity index is 1.65. The minimum Gasteiger partial charge on any atom is -0.377 e. The number of carbonyl (C=O) groups is 1. The quantitative estimate of drug-likeness (QED) is 0.474. The number of nitrogens with two attached hydrogens (primary N) is 1. The highest BCUT2D eigenvalue weighted by atomic mass is 16.5. The Morgan fingerprint density at radius 3 is 3.07 bits per heavy atom. The first-order valence-electron chi connectivity index (χ1n) is 9.44. The summed E-state index contributed by atoms with van der Waals surface area (Å²) in [5.41, 5.74) is 6.77. The molecule has 2 heterocycles. The van der Waals surface area contributed by atoms with Crippen LogP contribution in [0.1, 0.15) is 40.9 Å². The van der Waals surface area contributed by atoms with Gasteiger partial charge in [-0.15, -0.1) is 0 Å². The van der Waals surface area contributed by atoms with Crippen molar-refractivity contribution in [3.63, 3.8) is 0 Å². The second kappa shape index (κ2) is 9.32. The van der Waals surface area contributed by atoms with E-state index < -0.39 is 5.91 Å². The highest BCUT2D eigenvalue weighted by Gasteiger charge is 2.22. The molecule has 150 valence electrons. The monoisotopic (exact) mass is 385 g/mol. The number of amides is 1. The van der Waals surface area contributed by atoms with Gasteiger partial charge >= 0.3 is 0 Å². The van der Waals surface area contributed by atoms with Crippen molar-refractivity contribution in [2.75, 3.05) is 13.7 Å². The molecular weight excluding hydrogens is 358 g/mol. The van der Waals surface area contributed by atoms with Crippen LogP contribution in [0.5, 0.6) is 0 Å². The molecule has 9 heteroatoms. The fourth-order valence-corrected chi connectivity index (χ4v) is 3.18. The first kappa shape index (κ1) is 19.8. The smallest absolute Gasteiger partial charge is 0.248 e. The number of nitrogens with one attached hydrogen (secondary N) is 2. The van der Waals surface area contributed by atoms with E-state index in [9.17, 15) is 4.79 Å². The van der Waals surface area contributed by atoms with Gasteiger partial charge in [0.1, 0.15) is 12.4 Å². The molecule has 1 unspecified atom stereocenters. The maximum Gasteiger partial charge on any atom is 0.248 e. The molecule has 0 fully saturated rings. The number of benzene rings is 1. The van der Waals surface area contributed by atoms with Crippen LogP contribution in [0, 0.1) is 0 Å². The number of aryl methyl sites for hydroxylation is 1.